The van der Waals surface area contributed by atoms with Crippen LogP contribution in [0.2, 0.25) is 5.02 Å². The molecule has 128 valence electrons. The third-order valence-corrected chi connectivity index (χ3v) is 5.20. The van der Waals surface area contributed by atoms with Crippen molar-refractivity contribution in [2.45, 2.75) is 18.4 Å². The van der Waals surface area contributed by atoms with Crippen LogP contribution in [0.5, 0.6) is 0 Å². The highest BCUT2D eigenvalue weighted by Crippen LogP contribution is 2.37. The van der Waals surface area contributed by atoms with Crippen molar-refractivity contribution < 1.29 is 5.11 Å². The molecule has 0 amide bonds. The van der Waals surface area contributed by atoms with E-state index in [1.165, 1.54) is 0 Å². The fourth-order valence-corrected chi connectivity index (χ4v) is 3.73. The number of nitrogens with zero attached hydrogens (tertiary/aromatic N) is 2. The molecule has 2 heterocycles. The first-order valence-electron chi connectivity index (χ1n) is 8.28. The van der Waals surface area contributed by atoms with Crippen LogP contribution < -0.4 is 10.5 Å². The zero-order chi connectivity index (χ0) is 17.4. The number of aliphatic hydroxyl groups is 1. The summed E-state index contributed by atoms with van der Waals surface area (Å²) in [6.07, 6.45) is 1.04. The molecule has 25 heavy (non-hydrogen) atoms. The van der Waals surface area contributed by atoms with Gasteiger partial charge in [-0.25, -0.2) is 4.98 Å². The van der Waals surface area contributed by atoms with Gasteiger partial charge in [0.05, 0.1) is 16.5 Å². The molecule has 1 aliphatic heterocycles. The van der Waals surface area contributed by atoms with E-state index >= 15 is 0 Å². The SMILES string of the molecule is O=c1[nH]c(N2CCC(O)(c3ccccc3Cl)CC2)nc2ccccc12. The molecule has 0 aliphatic carbocycles. The van der Waals surface area contributed by atoms with Gasteiger partial charge in [0.2, 0.25) is 5.95 Å². The van der Waals surface area contributed by atoms with E-state index in [2.05, 4.69) is 9.97 Å². The average Bonchev–Trinajstić information content (AvgIpc) is 2.62. The van der Waals surface area contributed by atoms with Crippen LogP contribution in [0, 0.1) is 0 Å². The molecule has 3 aromatic rings. The highest BCUT2D eigenvalue weighted by Gasteiger charge is 2.36. The van der Waals surface area contributed by atoms with Crippen LogP contribution in [-0.4, -0.2) is 28.2 Å². The number of hydrogen-bond donors (Lipinski definition) is 2. The van der Waals surface area contributed by atoms with Gasteiger partial charge in [-0.2, -0.15) is 0 Å². The van der Waals surface area contributed by atoms with Gasteiger partial charge in [-0.15, -0.1) is 0 Å². The van der Waals surface area contributed by atoms with Crippen molar-refractivity contribution in [1.82, 2.24) is 9.97 Å². The van der Waals surface area contributed by atoms with Gasteiger partial charge < -0.3 is 10.0 Å². The lowest BCUT2D eigenvalue weighted by molar-refractivity contribution is 0.0116. The number of rotatable bonds is 2. The monoisotopic (exact) mass is 355 g/mol. The molecule has 0 radical (unpaired) electrons. The Kier molecular flexibility index (Phi) is 3.98. The van der Waals surface area contributed by atoms with Crippen molar-refractivity contribution in [1.29, 1.82) is 0 Å². The van der Waals surface area contributed by atoms with Gasteiger partial charge >= 0.3 is 0 Å². The maximum absolute atomic E-state index is 12.2. The standard InChI is InChI=1S/C19H18ClN3O2/c20-15-7-3-2-6-14(15)19(25)9-11-23(12-10-19)18-21-16-8-4-1-5-13(16)17(24)22-18/h1-8,25H,9-12H2,(H,21,22,24). The fraction of sp³-hybridized carbons (Fsp3) is 0.263. The van der Waals surface area contributed by atoms with Crippen molar-refractivity contribution in [3.8, 4) is 0 Å². The summed E-state index contributed by atoms with van der Waals surface area (Å²) in [5.74, 6) is 0.546. The number of fused-ring (bicyclic) bond motifs is 1. The first-order chi connectivity index (χ1) is 12.1. The summed E-state index contributed by atoms with van der Waals surface area (Å²) in [5, 5.41) is 12.2. The van der Waals surface area contributed by atoms with Crippen LogP contribution in [0.1, 0.15) is 18.4 Å². The van der Waals surface area contributed by atoms with Gasteiger partial charge in [-0.3, -0.25) is 9.78 Å². The molecule has 0 unspecified atom stereocenters. The first kappa shape index (κ1) is 16.1. The van der Waals surface area contributed by atoms with Crippen molar-refractivity contribution >= 4 is 28.5 Å². The third-order valence-electron chi connectivity index (χ3n) is 4.87. The molecule has 2 N–H and O–H groups in total. The summed E-state index contributed by atoms with van der Waals surface area (Å²) in [6, 6.07) is 14.7. The molecule has 5 nitrogen and oxygen atoms in total. The van der Waals surface area contributed by atoms with Crippen LogP contribution in [0.4, 0.5) is 5.95 Å². The number of nitrogens with one attached hydrogen (secondary N) is 1. The van der Waals surface area contributed by atoms with Crippen molar-refractivity contribution in [3.05, 3.63) is 69.5 Å². The summed E-state index contributed by atoms with van der Waals surface area (Å²) < 4.78 is 0. The van der Waals surface area contributed by atoms with Crippen LogP contribution in [0.25, 0.3) is 10.9 Å². The Morgan fingerprint density at radius 2 is 1.76 bits per heavy atom. The van der Waals surface area contributed by atoms with Gasteiger partial charge in [0, 0.05) is 23.7 Å². The zero-order valence-corrected chi connectivity index (χ0v) is 14.3. The maximum atomic E-state index is 12.2. The Balaban J connectivity index is 1.60. The number of benzene rings is 2. The Morgan fingerprint density at radius 3 is 2.52 bits per heavy atom. The number of halogens is 1. The molecule has 1 saturated heterocycles. The van der Waals surface area contributed by atoms with E-state index < -0.39 is 5.60 Å². The van der Waals surface area contributed by atoms with Gasteiger partial charge in [0.15, 0.2) is 0 Å². The van der Waals surface area contributed by atoms with E-state index in [0.717, 1.165) is 5.56 Å². The number of aromatic nitrogens is 2. The summed E-state index contributed by atoms with van der Waals surface area (Å²) in [7, 11) is 0. The van der Waals surface area contributed by atoms with Crippen LogP contribution in [-0.2, 0) is 5.60 Å². The largest absolute Gasteiger partial charge is 0.385 e. The summed E-state index contributed by atoms with van der Waals surface area (Å²) in [5.41, 5.74) is 0.337. The second-order valence-electron chi connectivity index (χ2n) is 6.41. The molecule has 1 fully saturated rings. The quantitative estimate of drug-likeness (QED) is 0.741. The normalized spacial score (nSPS) is 17.0. The van der Waals surface area contributed by atoms with Crippen molar-refractivity contribution in [3.63, 3.8) is 0 Å². The maximum Gasteiger partial charge on any atom is 0.260 e. The summed E-state index contributed by atoms with van der Waals surface area (Å²) in [6.45, 7) is 1.17. The number of para-hydroxylation sites is 1. The van der Waals surface area contributed by atoms with E-state index in [0.29, 0.717) is 47.8 Å². The molecule has 1 aromatic heterocycles. The predicted octanol–water partition coefficient (Wildman–Crippen LogP) is 3.06. The van der Waals surface area contributed by atoms with E-state index in [1.807, 2.05) is 41.3 Å². The number of H-pyrrole nitrogens is 1. The minimum Gasteiger partial charge on any atom is -0.385 e. The summed E-state index contributed by atoms with van der Waals surface area (Å²) >= 11 is 6.25. The Hall–Kier alpha value is -2.37. The molecule has 6 heteroatoms. The van der Waals surface area contributed by atoms with E-state index in [4.69, 9.17) is 11.6 Å². The Labute approximate surface area is 149 Å². The minimum atomic E-state index is -0.952. The molecule has 0 spiro atoms. The van der Waals surface area contributed by atoms with Gasteiger partial charge in [0.1, 0.15) is 0 Å². The van der Waals surface area contributed by atoms with E-state index in [1.54, 1.807) is 12.1 Å². The molecular weight excluding hydrogens is 338 g/mol. The fourth-order valence-electron chi connectivity index (χ4n) is 3.42. The first-order valence-corrected chi connectivity index (χ1v) is 8.66. The minimum absolute atomic E-state index is 0.146. The Morgan fingerprint density at radius 1 is 1.08 bits per heavy atom. The molecular formula is C19H18ClN3O2. The van der Waals surface area contributed by atoms with E-state index in [9.17, 15) is 9.90 Å². The number of hydrogen-bond acceptors (Lipinski definition) is 4. The topological polar surface area (TPSA) is 69.2 Å². The lowest BCUT2D eigenvalue weighted by Gasteiger charge is -2.39. The van der Waals surface area contributed by atoms with Crippen LogP contribution in [0.3, 0.4) is 0 Å². The molecule has 4 rings (SSSR count). The van der Waals surface area contributed by atoms with Gasteiger partial charge in [-0.05, 0) is 31.0 Å². The second-order valence-corrected chi connectivity index (χ2v) is 6.81. The number of anilines is 1. The molecule has 1 aliphatic rings. The highest BCUT2D eigenvalue weighted by molar-refractivity contribution is 6.31. The number of aromatic amines is 1. The lowest BCUT2D eigenvalue weighted by Crippen LogP contribution is -2.43. The van der Waals surface area contributed by atoms with E-state index in [-0.39, 0.29) is 5.56 Å². The van der Waals surface area contributed by atoms with Crippen molar-refractivity contribution in [2.75, 3.05) is 18.0 Å². The molecule has 0 saturated carbocycles. The molecule has 0 atom stereocenters. The third kappa shape index (κ3) is 2.90. The lowest BCUT2D eigenvalue weighted by atomic mass is 9.84. The average molecular weight is 356 g/mol. The van der Waals surface area contributed by atoms with Gasteiger partial charge in [0.25, 0.3) is 5.56 Å². The highest BCUT2D eigenvalue weighted by atomic mass is 35.5. The molecule has 0 bridgehead atoms. The molecule has 2 aromatic carbocycles. The van der Waals surface area contributed by atoms with Crippen molar-refractivity contribution in [2.24, 2.45) is 0 Å². The van der Waals surface area contributed by atoms with Crippen LogP contribution >= 0.6 is 11.6 Å². The smallest absolute Gasteiger partial charge is 0.260 e. The second kappa shape index (κ2) is 6.17. The number of piperidine rings is 1. The van der Waals surface area contributed by atoms with Gasteiger partial charge in [-0.1, -0.05) is 41.9 Å². The van der Waals surface area contributed by atoms with Crippen LogP contribution in [0.15, 0.2) is 53.3 Å². The predicted molar refractivity (Wildman–Crippen MR) is 99.2 cm³/mol. The summed E-state index contributed by atoms with van der Waals surface area (Å²) in [4.78, 5) is 21.7. The Bertz CT molecular complexity index is 978. The zero-order valence-electron chi connectivity index (χ0n) is 13.6.